The van der Waals surface area contributed by atoms with Crippen LogP contribution < -0.4 is 4.90 Å². The molecule has 1 heterocycles. The Labute approximate surface area is 128 Å². The third-order valence-corrected chi connectivity index (χ3v) is 4.77. The van der Waals surface area contributed by atoms with Gasteiger partial charge in [0.05, 0.1) is 12.8 Å². The summed E-state index contributed by atoms with van der Waals surface area (Å²) in [5.41, 5.74) is 2.43. The van der Waals surface area contributed by atoms with Gasteiger partial charge in [-0.1, -0.05) is 42.5 Å². The van der Waals surface area contributed by atoms with Crippen molar-refractivity contribution in [1.82, 2.24) is 0 Å². The van der Waals surface area contributed by atoms with Crippen LogP contribution >= 0.6 is 11.8 Å². The molecule has 0 spiro atoms. The van der Waals surface area contributed by atoms with Crippen molar-refractivity contribution in [1.29, 1.82) is 0 Å². The number of para-hydroxylation sites is 1. The van der Waals surface area contributed by atoms with E-state index in [4.69, 9.17) is 4.74 Å². The summed E-state index contributed by atoms with van der Waals surface area (Å²) < 4.78 is 4.92. The number of thioether (sulfide) groups is 1. The fourth-order valence-corrected chi connectivity index (χ4v) is 3.74. The van der Waals surface area contributed by atoms with Crippen LogP contribution in [0, 0.1) is 0 Å². The van der Waals surface area contributed by atoms with E-state index < -0.39 is 0 Å². The molecular formula is C17H17NO2S. The van der Waals surface area contributed by atoms with E-state index in [1.165, 1.54) is 18.4 Å². The van der Waals surface area contributed by atoms with E-state index in [-0.39, 0.29) is 11.2 Å². The lowest BCUT2D eigenvalue weighted by atomic mass is 10.2. The number of carbonyl (C=O) groups is 1. The van der Waals surface area contributed by atoms with Crippen LogP contribution in [0.4, 0.5) is 5.69 Å². The Balaban J connectivity index is 1.89. The van der Waals surface area contributed by atoms with E-state index in [2.05, 4.69) is 29.2 Å². The van der Waals surface area contributed by atoms with Crippen LogP contribution in [-0.2, 0) is 16.1 Å². The highest BCUT2D eigenvalue weighted by Gasteiger charge is 2.30. The average Bonchev–Trinajstić information content (AvgIpc) is 2.55. The number of hydrogen-bond donors (Lipinski definition) is 0. The highest BCUT2D eigenvalue weighted by Crippen LogP contribution is 2.39. The molecule has 0 fully saturated rings. The summed E-state index contributed by atoms with van der Waals surface area (Å²) in [6.07, 6.45) is 0. The molecule has 1 aliphatic rings. The first kappa shape index (κ1) is 14.0. The van der Waals surface area contributed by atoms with Crippen molar-refractivity contribution < 1.29 is 9.53 Å². The van der Waals surface area contributed by atoms with Gasteiger partial charge in [0.2, 0.25) is 0 Å². The number of esters is 1. The maximum absolute atomic E-state index is 11.9. The first-order valence-corrected chi connectivity index (χ1v) is 7.78. The Morgan fingerprint density at radius 2 is 1.90 bits per heavy atom. The van der Waals surface area contributed by atoms with E-state index in [1.807, 2.05) is 30.3 Å². The van der Waals surface area contributed by atoms with Crippen LogP contribution in [0.25, 0.3) is 0 Å². The van der Waals surface area contributed by atoms with Crippen molar-refractivity contribution in [3.05, 3.63) is 60.2 Å². The van der Waals surface area contributed by atoms with Gasteiger partial charge in [0, 0.05) is 18.0 Å². The molecule has 0 bridgehead atoms. The number of carbonyl (C=O) groups excluding carboxylic acids is 1. The Bertz CT molecular complexity index is 630. The minimum Gasteiger partial charge on any atom is -0.468 e. The molecule has 21 heavy (non-hydrogen) atoms. The van der Waals surface area contributed by atoms with Gasteiger partial charge in [-0.25, -0.2) is 0 Å². The van der Waals surface area contributed by atoms with Crippen molar-refractivity contribution in [3.63, 3.8) is 0 Å². The van der Waals surface area contributed by atoms with Gasteiger partial charge in [0.1, 0.15) is 5.25 Å². The third-order valence-electron chi connectivity index (χ3n) is 3.54. The third kappa shape index (κ3) is 3.05. The SMILES string of the molecule is COC(=O)[C@H]1CN(Cc2ccccc2)c2ccccc2S1. The fourth-order valence-electron chi connectivity index (χ4n) is 2.51. The molecule has 2 aromatic rings. The standard InChI is InChI=1S/C17H17NO2S/c1-20-17(19)16-12-18(11-13-7-3-2-4-8-13)14-9-5-6-10-15(14)21-16/h2-10,16H,11-12H2,1H3/t16-/m1/s1. The number of methoxy groups -OCH3 is 1. The zero-order valence-electron chi connectivity index (χ0n) is 11.9. The Morgan fingerprint density at radius 3 is 2.67 bits per heavy atom. The van der Waals surface area contributed by atoms with Crippen LogP contribution in [0.2, 0.25) is 0 Å². The maximum Gasteiger partial charge on any atom is 0.320 e. The molecule has 1 atom stereocenters. The second-order valence-corrected chi connectivity index (χ2v) is 6.21. The number of fused-ring (bicyclic) bond motifs is 1. The van der Waals surface area contributed by atoms with E-state index >= 15 is 0 Å². The van der Waals surface area contributed by atoms with E-state index in [0.717, 1.165) is 11.4 Å². The molecule has 0 radical (unpaired) electrons. The van der Waals surface area contributed by atoms with Crippen molar-refractivity contribution in [2.75, 3.05) is 18.6 Å². The van der Waals surface area contributed by atoms with Gasteiger partial charge >= 0.3 is 5.97 Å². The quantitative estimate of drug-likeness (QED) is 0.813. The highest BCUT2D eigenvalue weighted by atomic mass is 32.2. The second kappa shape index (κ2) is 6.22. The van der Waals surface area contributed by atoms with Crippen LogP contribution in [0.15, 0.2) is 59.5 Å². The minimum absolute atomic E-state index is 0.160. The minimum atomic E-state index is -0.173. The summed E-state index contributed by atoms with van der Waals surface area (Å²) in [7, 11) is 1.45. The molecule has 0 unspecified atom stereocenters. The van der Waals surface area contributed by atoms with Gasteiger partial charge in [-0.3, -0.25) is 4.79 Å². The molecule has 3 nitrogen and oxygen atoms in total. The predicted molar refractivity (Wildman–Crippen MR) is 85.6 cm³/mol. The number of rotatable bonds is 3. The van der Waals surface area contributed by atoms with E-state index in [0.29, 0.717) is 6.54 Å². The first-order valence-electron chi connectivity index (χ1n) is 6.90. The number of anilines is 1. The summed E-state index contributed by atoms with van der Waals surface area (Å²) >= 11 is 1.59. The Hall–Kier alpha value is -1.94. The van der Waals surface area contributed by atoms with Crippen molar-refractivity contribution >= 4 is 23.4 Å². The number of hydrogen-bond acceptors (Lipinski definition) is 4. The maximum atomic E-state index is 11.9. The van der Waals surface area contributed by atoms with Gasteiger partial charge in [-0.15, -0.1) is 11.8 Å². The van der Waals surface area contributed by atoms with Gasteiger partial charge in [-0.05, 0) is 17.7 Å². The zero-order valence-corrected chi connectivity index (χ0v) is 12.7. The van der Waals surface area contributed by atoms with Gasteiger partial charge in [-0.2, -0.15) is 0 Å². The Kier molecular flexibility index (Phi) is 4.15. The second-order valence-electron chi connectivity index (χ2n) is 4.96. The summed E-state index contributed by atoms with van der Waals surface area (Å²) in [5.74, 6) is -0.160. The summed E-state index contributed by atoms with van der Waals surface area (Å²) in [6, 6.07) is 18.5. The van der Waals surface area contributed by atoms with Crippen LogP contribution in [0.3, 0.4) is 0 Å². The van der Waals surface area contributed by atoms with Crippen molar-refractivity contribution in [2.24, 2.45) is 0 Å². The molecule has 0 saturated heterocycles. The van der Waals surface area contributed by atoms with Crippen LogP contribution in [0.1, 0.15) is 5.56 Å². The molecule has 1 aliphatic heterocycles. The molecule has 0 aliphatic carbocycles. The summed E-state index contributed by atoms with van der Waals surface area (Å²) in [4.78, 5) is 15.3. The largest absolute Gasteiger partial charge is 0.468 e. The first-order chi connectivity index (χ1) is 10.3. The number of ether oxygens (including phenoxy) is 1. The lowest BCUT2D eigenvalue weighted by Crippen LogP contribution is -2.38. The van der Waals surface area contributed by atoms with E-state index in [1.54, 1.807) is 11.8 Å². The van der Waals surface area contributed by atoms with Crippen LogP contribution in [-0.4, -0.2) is 24.9 Å². The van der Waals surface area contributed by atoms with Crippen LogP contribution in [0.5, 0.6) is 0 Å². The summed E-state index contributed by atoms with van der Waals surface area (Å²) in [6.45, 7) is 1.47. The molecule has 3 rings (SSSR count). The smallest absolute Gasteiger partial charge is 0.320 e. The Morgan fingerprint density at radius 1 is 1.19 bits per heavy atom. The normalized spacial score (nSPS) is 17.2. The van der Waals surface area contributed by atoms with Crippen molar-refractivity contribution in [3.8, 4) is 0 Å². The number of benzene rings is 2. The average molecular weight is 299 g/mol. The monoisotopic (exact) mass is 299 g/mol. The molecule has 0 aromatic heterocycles. The highest BCUT2D eigenvalue weighted by molar-refractivity contribution is 8.00. The predicted octanol–water partition coefficient (Wildman–Crippen LogP) is 3.34. The molecule has 0 amide bonds. The molecule has 2 aromatic carbocycles. The molecular weight excluding hydrogens is 282 g/mol. The molecule has 0 N–H and O–H groups in total. The summed E-state index contributed by atoms with van der Waals surface area (Å²) in [5, 5.41) is -0.173. The van der Waals surface area contributed by atoms with Crippen molar-refractivity contribution in [2.45, 2.75) is 16.7 Å². The molecule has 0 saturated carbocycles. The lowest BCUT2D eigenvalue weighted by molar-refractivity contribution is -0.139. The molecule has 4 heteroatoms. The topological polar surface area (TPSA) is 29.5 Å². The fraction of sp³-hybridized carbons (Fsp3) is 0.235. The van der Waals surface area contributed by atoms with Gasteiger partial charge in [0.25, 0.3) is 0 Å². The lowest BCUT2D eigenvalue weighted by Gasteiger charge is -2.34. The molecule has 108 valence electrons. The number of nitrogens with zero attached hydrogens (tertiary/aromatic N) is 1. The van der Waals surface area contributed by atoms with Gasteiger partial charge in [0.15, 0.2) is 0 Å². The zero-order chi connectivity index (χ0) is 14.7. The van der Waals surface area contributed by atoms with E-state index in [9.17, 15) is 4.79 Å². The van der Waals surface area contributed by atoms with Gasteiger partial charge < -0.3 is 9.64 Å².